The molecule has 0 aliphatic carbocycles. The quantitative estimate of drug-likeness (QED) is 0.230. The van der Waals surface area contributed by atoms with Crippen LogP contribution in [-0.4, -0.2) is 30.0 Å². The predicted octanol–water partition coefficient (Wildman–Crippen LogP) is 7.22. The van der Waals surface area contributed by atoms with Gasteiger partial charge in [-0.25, -0.2) is 14.8 Å². The number of benzene rings is 3. The third-order valence-electron chi connectivity index (χ3n) is 6.12. The molecule has 0 unspecified atom stereocenters. The summed E-state index contributed by atoms with van der Waals surface area (Å²) in [7, 11) is 0. The van der Waals surface area contributed by atoms with Gasteiger partial charge in [0.25, 0.3) is 0 Å². The summed E-state index contributed by atoms with van der Waals surface area (Å²) >= 11 is 6.54. The van der Waals surface area contributed by atoms with E-state index >= 15 is 0 Å². The van der Waals surface area contributed by atoms with Crippen molar-refractivity contribution in [2.24, 2.45) is 0 Å². The number of nitrogens with one attached hydrogen (secondary N) is 1. The molecule has 0 bridgehead atoms. The van der Waals surface area contributed by atoms with Gasteiger partial charge in [-0.1, -0.05) is 55.8 Å². The van der Waals surface area contributed by atoms with Gasteiger partial charge in [0.2, 0.25) is 0 Å². The molecular weight excluding hydrogens is 476 g/mol. The zero-order valence-electron chi connectivity index (χ0n) is 19.4. The largest absolute Gasteiger partial charge is 0.478 e. The SMILES string of the molecule is CCCCc1nc2c(C)ccc(C(=O)O)c2n1-c1ccc(-c2ccccc2-c2nc(=S)s[nH]2)cc1. The van der Waals surface area contributed by atoms with Crippen molar-refractivity contribution in [3.8, 4) is 28.2 Å². The second-order valence-corrected chi connectivity index (χ2v) is 9.86. The Morgan fingerprint density at radius 1 is 1.06 bits per heavy atom. The van der Waals surface area contributed by atoms with Gasteiger partial charge in [-0.3, -0.25) is 8.94 Å². The molecule has 5 aromatic rings. The highest BCUT2D eigenvalue weighted by atomic mass is 32.2. The molecule has 35 heavy (non-hydrogen) atoms. The Bertz CT molecular complexity index is 1600. The topological polar surface area (TPSA) is 83.8 Å². The maximum absolute atomic E-state index is 12.1. The maximum Gasteiger partial charge on any atom is 0.337 e. The van der Waals surface area contributed by atoms with E-state index in [1.54, 1.807) is 6.07 Å². The second kappa shape index (κ2) is 9.56. The lowest BCUT2D eigenvalue weighted by Crippen LogP contribution is -2.05. The fraction of sp³-hybridized carbons (Fsp3) is 0.185. The molecule has 0 atom stereocenters. The second-order valence-electron chi connectivity index (χ2n) is 8.42. The number of aromatic amines is 1. The van der Waals surface area contributed by atoms with E-state index in [1.807, 2.05) is 47.9 Å². The number of imidazole rings is 1. The molecule has 8 heteroatoms. The first-order chi connectivity index (χ1) is 17.0. The summed E-state index contributed by atoms with van der Waals surface area (Å²) in [5, 5.41) is 9.91. The summed E-state index contributed by atoms with van der Waals surface area (Å²) in [6, 6.07) is 19.7. The highest BCUT2D eigenvalue weighted by Crippen LogP contribution is 2.33. The Morgan fingerprint density at radius 2 is 1.80 bits per heavy atom. The van der Waals surface area contributed by atoms with E-state index in [4.69, 9.17) is 17.2 Å². The van der Waals surface area contributed by atoms with Crippen molar-refractivity contribution in [3.63, 3.8) is 0 Å². The lowest BCUT2D eigenvalue weighted by molar-refractivity contribution is 0.0698. The predicted molar refractivity (Wildman–Crippen MR) is 143 cm³/mol. The van der Waals surface area contributed by atoms with E-state index < -0.39 is 5.97 Å². The van der Waals surface area contributed by atoms with Crippen molar-refractivity contribution >= 4 is 40.8 Å². The summed E-state index contributed by atoms with van der Waals surface area (Å²) < 4.78 is 5.77. The van der Waals surface area contributed by atoms with Gasteiger partial charge in [-0.05, 0) is 72.0 Å². The average molecular weight is 501 g/mol. The van der Waals surface area contributed by atoms with Crippen LogP contribution in [0, 0.1) is 10.9 Å². The number of fused-ring (bicyclic) bond motifs is 1. The number of nitrogens with zero attached hydrogens (tertiary/aromatic N) is 3. The molecule has 0 aliphatic heterocycles. The molecule has 0 aliphatic rings. The summed E-state index contributed by atoms with van der Waals surface area (Å²) in [4.78, 5) is 21.4. The smallest absolute Gasteiger partial charge is 0.337 e. The number of unbranched alkanes of at least 4 members (excludes halogenated alkanes) is 1. The van der Waals surface area contributed by atoms with E-state index in [-0.39, 0.29) is 5.56 Å². The molecule has 0 amide bonds. The standard InChI is InChI=1S/C27H24N4O2S2/c1-3-4-9-22-28-23-16(2)10-15-21(26(32)33)24(23)31(22)18-13-11-17(12-14-18)19-7-5-6-8-20(19)25-29-27(34)35-30-25/h5-8,10-15H,3-4,9H2,1-2H3,(H,32,33)(H,29,30,34). The molecule has 3 aromatic carbocycles. The van der Waals surface area contributed by atoms with Crippen molar-refractivity contribution < 1.29 is 9.90 Å². The number of carboxylic acid groups (broad SMARTS) is 1. The van der Waals surface area contributed by atoms with Crippen molar-refractivity contribution in [2.45, 2.75) is 33.1 Å². The van der Waals surface area contributed by atoms with Gasteiger partial charge in [0.15, 0.2) is 3.95 Å². The van der Waals surface area contributed by atoms with E-state index in [1.165, 1.54) is 11.5 Å². The molecular formula is C27H24N4O2S2. The van der Waals surface area contributed by atoms with Gasteiger partial charge in [-0.15, -0.1) is 0 Å². The minimum absolute atomic E-state index is 0.258. The first-order valence-electron chi connectivity index (χ1n) is 11.5. The summed E-state index contributed by atoms with van der Waals surface area (Å²) in [5.41, 5.74) is 6.55. The molecule has 0 saturated carbocycles. The van der Waals surface area contributed by atoms with Crippen molar-refractivity contribution in [2.75, 3.05) is 0 Å². The number of aromatic carboxylic acids is 1. The highest BCUT2D eigenvalue weighted by Gasteiger charge is 2.20. The van der Waals surface area contributed by atoms with Gasteiger partial charge in [0.1, 0.15) is 11.6 Å². The molecule has 2 heterocycles. The van der Waals surface area contributed by atoms with E-state index in [9.17, 15) is 9.90 Å². The van der Waals surface area contributed by atoms with Crippen LogP contribution in [0.3, 0.4) is 0 Å². The van der Waals surface area contributed by atoms with Crippen LogP contribution < -0.4 is 0 Å². The van der Waals surface area contributed by atoms with Crippen LogP contribution in [0.2, 0.25) is 0 Å². The number of carbonyl (C=O) groups is 1. The summed E-state index contributed by atoms with van der Waals surface area (Å²) in [6.45, 7) is 4.11. The Labute approximate surface area is 212 Å². The number of aromatic nitrogens is 4. The maximum atomic E-state index is 12.1. The first-order valence-corrected chi connectivity index (χ1v) is 12.7. The Kier molecular flexibility index (Phi) is 6.32. The minimum atomic E-state index is -0.954. The van der Waals surface area contributed by atoms with Gasteiger partial charge < -0.3 is 5.11 Å². The van der Waals surface area contributed by atoms with Gasteiger partial charge in [-0.2, -0.15) is 0 Å². The zero-order valence-corrected chi connectivity index (χ0v) is 21.0. The number of rotatable bonds is 7. The number of hydrogen-bond acceptors (Lipinski definition) is 5. The average Bonchev–Trinajstić information content (AvgIpc) is 3.47. The van der Waals surface area contributed by atoms with Crippen LogP contribution in [0.4, 0.5) is 0 Å². The Balaban J connectivity index is 1.66. The minimum Gasteiger partial charge on any atom is -0.478 e. The van der Waals surface area contributed by atoms with Gasteiger partial charge >= 0.3 is 5.97 Å². The molecule has 0 fully saturated rings. The zero-order chi connectivity index (χ0) is 24.5. The van der Waals surface area contributed by atoms with Gasteiger partial charge in [0, 0.05) is 17.7 Å². The Morgan fingerprint density at radius 3 is 2.46 bits per heavy atom. The third-order valence-corrected chi connectivity index (χ3v) is 7.02. The normalized spacial score (nSPS) is 11.3. The first kappa shape index (κ1) is 23.1. The van der Waals surface area contributed by atoms with Crippen LogP contribution in [0.1, 0.15) is 41.5 Å². The molecule has 176 valence electrons. The summed E-state index contributed by atoms with van der Waals surface area (Å²) in [5.74, 6) is 0.676. The van der Waals surface area contributed by atoms with E-state index in [0.717, 1.165) is 64.4 Å². The molecule has 2 aromatic heterocycles. The van der Waals surface area contributed by atoms with Crippen LogP contribution in [-0.2, 0) is 6.42 Å². The molecule has 5 rings (SSSR count). The van der Waals surface area contributed by atoms with Crippen molar-refractivity contribution in [3.05, 3.63) is 81.6 Å². The molecule has 0 radical (unpaired) electrons. The number of carboxylic acids is 1. The molecule has 0 spiro atoms. The monoisotopic (exact) mass is 500 g/mol. The third kappa shape index (κ3) is 4.31. The van der Waals surface area contributed by atoms with Crippen LogP contribution in [0.5, 0.6) is 0 Å². The van der Waals surface area contributed by atoms with Crippen molar-refractivity contribution in [1.29, 1.82) is 0 Å². The lowest BCUT2D eigenvalue weighted by Gasteiger charge is -2.13. The van der Waals surface area contributed by atoms with E-state index in [2.05, 4.69) is 34.5 Å². The van der Waals surface area contributed by atoms with Gasteiger partial charge in [0.05, 0.1) is 16.6 Å². The summed E-state index contributed by atoms with van der Waals surface area (Å²) in [6.07, 6.45) is 2.78. The van der Waals surface area contributed by atoms with Crippen LogP contribution >= 0.6 is 23.8 Å². The Hall–Kier alpha value is -3.62. The van der Waals surface area contributed by atoms with Crippen LogP contribution in [0.25, 0.3) is 39.2 Å². The molecule has 6 nitrogen and oxygen atoms in total. The molecule has 0 saturated heterocycles. The highest BCUT2D eigenvalue weighted by molar-refractivity contribution is 7.73. The van der Waals surface area contributed by atoms with Crippen molar-refractivity contribution in [1.82, 2.24) is 18.9 Å². The fourth-order valence-electron chi connectivity index (χ4n) is 4.38. The van der Waals surface area contributed by atoms with Crippen LogP contribution in [0.15, 0.2) is 60.7 Å². The molecule has 2 N–H and O–H groups in total. The number of hydrogen-bond donors (Lipinski definition) is 2. The number of H-pyrrole nitrogens is 1. The fourth-order valence-corrected chi connectivity index (χ4v) is 5.08. The lowest BCUT2D eigenvalue weighted by atomic mass is 9.99. The van der Waals surface area contributed by atoms with E-state index in [0.29, 0.717) is 9.47 Å². The number of aryl methyl sites for hydroxylation is 2.